The number of hydrogen-bond acceptors (Lipinski definition) is 6. The van der Waals surface area contributed by atoms with Crippen LogP contribution in [0.4, 0.5) is 19.0 Å². The largest absolute Gasteiger partial charge is 0.507 e. The number of aromatic hydroxyl groups is 1. The summed E-state index contributed by atoms with van der Waals surface area (Å²) in [5.74, 6) is 0.181. The van der Waals surface area contributed by atoms with Gasteiger partial charge in [-0.2, -0.15) is 13.2 Å². The predicted molar refractivity (Wildman–Crippen MR) is 102 cm³/mol. The van der Waals surface area contributed by atoms with Gasteiger partial charge in [-0.1, -0.05) is 0 Å². The lowest BCUT2D eigenvalue weighted by atomic mass is 9.96. The third-order valence-corrected chi connectivity index (χ3v) is 5.52. The summed E-state index contributed by atoms with van der Waals surface area (Å²) in [6.07, 6.45) is -2.41. The molecule has 1 saturated heterocycles. The zero-order valence-corrected chi connectivity index (χ0v) is 16.3. The number of phenols is 1. The van der Waals surface area contributed by atoms with E-state index in [2.05, 4.69) is 27.5 Å². The average Bonchev–Trinajstić information content (AvgIpc) is 3.12. The van der Waals surface area contributed by atoms with Crippen molar-refractivity contribution in [2.24, 2.45) is 0 Å². The molecule has 0 saturated carbocycles. The Labute approximate surface area is 166 Å². The van der Waals surface area contributed by atoms with E-state index in [1.165, 1.54) is 6.92 Å². The molecule has 1 fully saturated rings. The third-order valence-electron chi connectivity index (χ3n) is 5.52. The summed E-state index contributed by atoms with van der Waals surface area (Å²) in [7, 11) is 2.08. The van der Waals surface area contributed by atoms with Crippen molar-refractivity contribution in [2.45, 2.75) is 45.2 Å². The van der Waals surface area contributed by atoms with E-state index in [1.807, 2.05) is 0 Å². The number of alkyl halides is 3. The van der Waals surface area contributed by atoms with Gasteiger partial charge in [-0.05, 0) is 51.1 Å². The van der Waals surface area contributed by atoms with Crippen LogP contribution in [0.25, 0.3) is 11.3 Å². The van der Waals surface area contributed by atoms with Gasteiger partial charge in [-0.25, -0.2) is 0 Å². The van der Waals surface area contributed by atoms with Crippen molar-refractivity contribution in [3.8, 4) is 17.0 Å². The maximum Gasteiger partial charge on any atom is 0.416 e. The first-order chi connectivity index (χ1) is 13.7. The van der Waals surface area contributed by atoms with Gasteiger partial charge in [0.2, 0.25) is 0 Å². The summed E-state index contributed by atoms with van der Waals surface area (Å²) in [5, 5.41) is 22.4. The van der Waals surface area contributed by atoms with Gasteiger partial charge in [0.05, 0.1) is 18.8 Å². The number of aromatic nitrogens is 2. The van der Waals surface area contributed by atoms with E-state index < -0.39 is 17.5 Å². The van der Waals surface area contributed by atoms with E-state index in [1.54, 1.807) is 0 Å². The second kappa shape index (κ2) is 7.46. The Morgan fingerprint density at radius 2 is 1.97 bits per heavy atom. The Bertz CT molecular complexity index is 910. The van der Waals surface area contributed by atoms with Gasteiger partial charge in [0.25, 0.3) is 0 Å². The fourth-order valence-electron chi connectivity index (χ4n) is 4.11. The van der Waals surface area contributed by atoms with Crippen molar-refractivity contribution in [1.82, 2.24) is 15.1 Å². The van der Waals surface area contributed by atoms with Crippen LogP contribution in [0, 0.1) is 6.92 Å². The molecular weight excluding hydrogens is 385 g/mol. The molecule has 9 heteroatoms. The number of halogens is 3. The number of aryl methyl sites for hydroxylation is 1. The number of phenolic OH excluding ortho intramolecular Hbond substituents is 1. The average molecular weight is 408 g/mol. The number of ether oxygens (including phenoxy) is 1. The summed E-state index contributed by atoms with van der Waals surface area (Å²) < 4.78 is 44.7. The molecule has 1 atom stereocenters. The molecule has 0 spiro atoms. The van der Waals surface area contributed by atoms with Crippen molar-refractivity contribution < 1.29 is 23.0 Å². The van der Waals surface area contributed by atoms with Crippen LogP contribution in [0.1, 0.15) is 35.1 Å². The van der Waals surface area contributed by atoms with Crippen LogP contribution < -0.4 is 5.32 Å². The number of likely N-dealkylation sites (N-methyl/N-ethyl adjacent to an activating group) is 1. The van der Waals surface area contributed by atoms with Gasteiger partial charge in [0.1, 0.15) is 11.4 Å². The lowest BCUT2D eigenvalue weighted by Gasteiger charge is -2.30. The molecule has 156 valence electrons. The molecule has 2 aromatic rings. The monoisotopic (exact) mass is 408 g/mol. The minimum atomic E-state index is -4.53. The van der Waals surface area contributed by atoms with Crippen molar-refractivity contribution in [2.75, 3.05) is 25.5 Å². The van der Waals surface area contributed by atoms with Gasteiger partial charge in [0.15, 0.2) is 5.82 Å². The normalized spacial score (nSPS) is 20.0. The van der Waals surface area contributed by atoms with E-state index in [4.69, 9.17) is 4.74 Å². The van der Waals surface area contributed by atoms with Gasteiger partial charge in [-0.3, -0.25) is 0 Å². The highest BCUT2D eigenvalue weighted by molar-refractivity contribution is 5.76. The highest BCUT2D eigenvalue weighted by atomic mass is 19.4. The van der Waals surface area contributed by atoms with E-state index in [9.17, 15) is 18.3 Å². The number of hydrogen-bond donors (Lipinski definition) is 2. The van der Waals surface area contributed by atoms with E-state index >= 15 is 0 Å². The van der Waals surface area contributed by atoms with Crippen molar-refractivity contribution in [3.63, 3.8) is 0 Å². The second-order valence-electron chi connectivity index (χ2n) is 7.78. The Balaban J connectivity index is 1.71. The molecule has 0 aliphatic carbocycles. The Hall–Kier alpha value is -2.39. The van der Waals surface area contributed by atoms with E-state index in [0.29, 0.717) is 18.1 Å². The Kier molecular flexibility index (Phi) is 5.12. The molecule has 2 aliphatic heterocycles. The molecule has 3 heterocycles. The first-order valence-corrected chi connectivity index (χ1v) is 9.56. The van der Waals surface area contributed by atoms with Crippen molar-refractivity contribution in [3.05, 3.63) is 34.4 Å². The second-order valence-corrected chi connectivity index (χ2v) is 7.78. The van der Waals surface area contributed by atoms with E-state index in [0.717, 1.165) is 49.2 Å². The summed E-state index contributed by atoms with van der Waals surface area (Å²) in [6.45, 7) is 4.12. The van der Waals surface area contributed by atoms with Crippen molar-refractivity contribution in [1.29, 1.82) is 0 Å². The number of nitrogens with zero attached hydrogens (tertiary/aromatic N) is 3. The minimum Gasteiger partial charge on any atom is -0.507 e. The van der Waals surface area contributed by atoms with Crippen LogP contribution in [0.2, 0.25) is 0 Å². The fraction of sp³-hybridized carbons (Fsp3) is 0.500. The highest BCUT2D eigenvalue weighted by Gasteiger charge is 2.33. The summed E-state index contributed by atoms with van der Waals surface area (Å²) in [5.41, 5.74) is 1.63. The molecule has 4 rings (SSSR count). The lowest BCUT2D eigenvalue weighted by Crippen LogP contribution is -2.40. The number of fused-ring (bicyclic) bond motifs is 1. The van der Waals surface area contributed by atoms with Crippen LogP contribution in [-0.4, -0.2) is 46.4 Å². The maximum absolute atomic E-state index is 13.0. The van der Waals surface area contributed by atoms with Crippen LogP contribution in [0.3, 0.4) is 0 Å². The molecule has 2 aliphatic rings. The molecule has 0 radical (unpaired) electrons. The number of rotatable bonds is 3. The number of nitrogens with one attached hydrogen (secondary N) is 1. The number of likely N-dealkylation sites (tertiary alicyclic amines) is 1. The van der Waals surface area contributed by atoms with Gasteiger partial charge in [0, 0.05) is 29.3 Å². The molecule has 6 nitrogen and oxygen atoms in total. The standard InChI is InChI=1S/C20H23F3N4O2/c1-11-6-12(20(21,22)23)7-16(28)17(11)18-14-9-29-10-15(14)19(26-25-18)24-13-4-3-5-27(2)8-13/h6-7,13,28H,3-5,8-10H2,1-2H3,(H,24,26). The smallest absolute Gasteiger partial charge is 0.416 e. The molecule has 1 unspecified atom stereocenters. The predicted octanol–water partition coefficient (Wildman–Crippen LogP) is 3.71. The van der Waals surface area contributed by atoms with Crippen molar-refractivity contribution >= 4 is 5.82 Å². The fourth-order valence-corrected chi connectivity index (χ4v) is 4.11. The highest BCUT2D eigenvalue weighted by Crippen LogP contribution is 2.41. The number of anilines is 1. The third kappa shape index (κ3) is 3.89. The van der Waals surface area contributed by atoms with Crippen LogP contribution in [0.5, 0.6) is 5.75 Å². The first-order valence-electron chi connectivity index (χ1n) is 9.56. The minimum absolute atomic E-state index is 0.250. The molecule has 0 amide bonds. The molecule has 1 aromatic heterocycles. The zero-order chi connectivity index (χ0) is 20.8. The molecular formula is C20H23F3N4O2. The van der Waals surface area contributed by atoms with Gasteiger partial charge in [-0.15, -0.1) is 10.2 Å². The Morgan fingerprint density at radius 1 is 1.21 bits per heavy atom. The SMILES string of the molecule is Cc1cc(C(F)(F)F)cc(O)c1-c1nnc(NC2CCCN(C)C2)c2c1COC2. The lowest BCUT2D eigenvalue weighted by molar-refractivity contribution is -0.137. The van der Waals surface area contributed by atoms with Gasteiger partial charge < -0.3 is 20.1 Å². The quantitative estimate of drug-likeness (QED) is 0.807. The topological polar surface area (TPSA) is 70.5 Å². The maximum atomic E-state index is 13.0. The molecule has 0 bridgehead atoms. The zero-order valence-electron chi connectivity index (χ0n) is 16.3. The summed E-state index contributed by atoms with van der Waals surface area (Å²) >= 11 is 0. The number of benzene rings is 1. The number of piperidine rings is 1. The molecule has 29 heavy (non-hydrogen) atoms. The summed E-state index contributed by atoms with van der Waals surface area (Å²) in [6, 6.07) is 2.00. The van der Waals surface area contributed by atoms with Crippen LogP contribution in [-0.2, 0) is 24.1 Å². The molecule has 2 N–H and O–H groups in total. The van der Waals surface area contributed by atoms with Crippen LogP contribution in [0.15, 0.2) is 12.1 Å². The molecule has 1 aromatic carbocycles. The summed E-state index contributed by atoms with van der Waals surface area (Å²) in [4.78, 5) is 2.25. The first kappa shape index (κ1) is 19.9. The Morgan fingerprint density at radius 3 is 2.66 bits per heavy atom. The van der Waals surface area contributed by atoms with Gasteiger partial charge >= 0.3 is 6.18 Å². The van der Waals surface area contributed by atoms with E-state index in [-0.39, 0.29) is 23.8 Å². The van der Waals surface area contributed by atoms with Crippen LogP contribution >= 0.6 is 0 Å².